The summed E-state index contributed by atoms with van der Waals surface area (Å²) in [6, 6.07) is 7.70. The number of amides is 1. The summed E-state index contributed by atoms with van der Waals surface area (Å²) in [5.41, 5.74) is 4.87. The maximum Gasteiger partial charge on any atom is 0.405 e. The second-order valence-electron chi connectivity index (χ2n) is 5.53. The van der Waals surface area contributed by atoms with Crippen LogP contribution in [0.25, 0.3) is 11.0 Å². The topological polar surface area (TPSA) is 130 Å². The van der Waals surface area contributed by atoms with Crippen LogP contribution in [0, 0.1) is 0 Å². The Labute approximate surface area is 147 Å². The lowest BCUT2D eigenvalue weighted by Gasteiger charge is -2.35. The fourth-order valence-corrected chi connectivity index (χ4v) is 2.66. The summed E-state index contributed by atoms with van der Waals surface area (Å²) in [6.45, 7) is 1.57. The molecule has 0 spiro atoms. The molecule has 0 fully saturated rings. The van der Waals surface area contributed by atoms with Gasteiger partial charge in [0.25, 0.3) is 6.29 Å². The lowest BCUT2D eigenvalue weighted by molar-refractivity contribution is -0.174. The molecule has 2 aromatic rings. The van der Waals surface area contributed by atoms with Gasteiger partial charge >= 0.3 is 11.7 Å². The van der Waals surface area contributed by atoms with Crippen molar-refractivity contribution in [3.05, 3.63) is 52.3 Å². The maximum absolute atomic E-state index is 11.4. The van der Waals surface area contributed by atoms with E-state index in [-0.39, 0.29) is 17.3 Å². The third-order valence-electron chi connectivity index (χ3n) is 3.81. The largest absolute Gasteiger partial charge is 0.495 e. The molecule has 1 aromatic heterocycles. The number of hydrogen-bond donors (Lipinski definition) is 2. The zero-order chi connectivity index (χ0) is 18.8. The number of primary amides is 1. The molecule has 3 unspecified atom stereocenters. The summed E-state index contributed by atoms with van der Waals surface area (Å²) in [6.07, 6.45) is -4.88. The molecule has 26 heavy (non-hydrogen) atoms. The van der Waals surface area contributed by atoms with Crippen molar-refractivity contribution in [2.24, 2.45) is 5.73 Å². The normalized spacial score (nSPS) is 22.7. The minimum absolute atomic E-state index is 0.0978. The van der Waals surface area contributed by atoms with E-state index in [0.29, 0.717) is 11.0 Å². The smallest absolute Gasteiger partial charge is 0.405 e. The summed E-state index contributed by atoms with van der Waals surface area (Å²) in [7, 11) is 1.35. The monoisotopic (exact) mass is 363 g/mol. The van der Waals surface area contributed by atoms with Gasteiger partial charge in [-0.1, -0.05) is 0 Å². The molecule has 3 rings (SSSR count). The van der Waals surface area contributed by atoms with E-state index in [4.69, 9.17) is 29.1 Å². The fourth-order valence-electron chi connectivity index (χ4n) is 2.66. The highest BCUT2D eigenvalue weighted by Gasteiger charge is 2.43. The molecule has 0 bridgehead atoms. The van der Waals surface area contributed by atoms with Gasteiger partial charge in [-0.05, 0) is 25.1 Å². The van der Waals surface area contributed by atoms with Gasteiger partial charge in [-0.25, -0.2) is 9.59 Å². The minimum atomic E-state index is -1.33. The van der Waals surface area contributed by atoms with Crippen LogP contribution in [0.4, 0.5) is 4.79 Å². The number of methoxy groups -OCH3 is 1. The lowest BCUT2D eigenvalue weighted by Crippen LogP contribution is -2.50. The van der Waals surface area contributed by atoms with Crippen molar-refractivity contribution in [1.29, 1.82) is 0 Å². The molecule has 0 radical (unpaired) electrons. The van der Waals surface area contributed by atoms with Crippen molar-refractivity contribution >= 4 is 17.1 Å². The number of rotatable bonds is 4. The van der Waals surface area contributed by atoms with Crippen molar-refractivity contribution in [3.63, 3.8) is 0 Å². The minimum Gasteiger partial charge on any atom is -0.495 e. The van der Waals surface area contributed by atoms with Crippen LogP contribution in [0.3, 0.4) is 0 Å². The van der Waals surface area contributed by atoms with E-state index in [0.717, 1.165) is 0 Å². The second-order valence-corrected chi connectivity index (χ2v) is 5.53. The number of carbonyl (C=O) groups is 1. The zero-order valence-electron chi connectivity index (χ0n) is 14.0. The average molecular weight is 363 g/mol. The van der Waals surface area contributed by atoms with Crippen LogP contribution in [0.2, 0.25) is 0 Å². The van der Waals surface area contributed by atoms with Crippen LogP contribution in [0.1, 0.15) is 6.92 Å². The molecular weight excluding hydrogens is 346 g/mol. The van der Waals surface area contributed by atoms with Gasteiger partial charge in [0.1, 0.15) is 17.1 Å². The van der Waals surface area contributed by atoms with Crippen molar-refractivity contribution in [2.75, 3.05) is 7.11 Å². The van der Waals surface area contributed by atoms with Crippen molar-refractivity contribution in [2.45, 2.75) is 25.4 Å². The highest BCUT2D eigenvalue weighted by molar-refractivity contribution is 5.77. The number of aliphatic hydroxyl groups excluding tert-OH is 1. The molecule has 9 nitrogen and oxygen atoms in total. The Hall–Kier alpha value is -3.20. The summed E-state index contributed by atoms with van der Waals surface area (Å²) in [5.74, 6) is 0.637. The molecule has 3 atom stereocenters. The Balaban J connectivity index is 1.92. The molecule has 1 aliphatic rings. The predicted molar refractivity (Wildman–Crippen MR) is 88.2 cm³/mol. The summed E-state index contributed by atoms with van der Waals surface area (Å²) >= 11 is 0. The number of hydrogen-bond acceptors (Lipinski definition) is 8. The van der Waals surface area contributed by atoms with E-state index in [2.05, 4.69) is 0 Å². The van der Waals surface area contributed by atoms with Crippen LogP contribution in [-0.2, 0) is 14.2 Å². The van der Waals surface area contributed by atoms with E-state index >= 15 is 0 Å². The molecule has 1 aliphatic heterocycles. The second kappa shape index (κ2) is 6.96. The number of fused-ring (bicyclic) bond motifs is 1. The number of nitrogens with two attached hydrogens (primary N) is 1. The quantitative estimate of drug-likeness (QED) is 0.776. The van der Waals surface area contributed by atoms with Crippen LogP contribution in [0.15, 0.2) is 51.1 Å². The lowest BCUT2D eigenvalue weighted by atomic mass is 10.1. The highest BCUT2D eigenvalue weighted by Crippen LogP contribution is 2.30. The van der Waals surface area contributed by atoms with Crippen molar-refractivity contribution < 1.29 is 33.3 Å². The van der Waals surface area contributed by atoms with Crippen molar-refractivity contribution in [3.8, 4) is 5.75 Å². The van der Waals surface area contributed by atoms with Crippen LogP contribution >= 0.6 is 0 Å². The van der Waals surface area contributed by atoms with Crippen LogP contribution in [0.5, 0.6) is 5.75 Å². The first-order valence-corrected chi connectivity index (χ1v) is 7.65. The molecule has 9 heteroatoms. The van der Waals surface area contributed by atoms with Crippen LogP contribution in [-0.4, -0.2) is 36.8 Å². The van der Waals surface area contributed by atoms with E-state index in [1.54, 1.807) is 25.1 Å². The first kappa shape index (κ1) is 17.6. The maximum atomic E-state index is 11.4. The van der Waals surface area contributed by atoms with Gasteiger partial charge in [0, 0.05) is 17.5 Å². The summed E-state index contributed by atoms with van der Waals surface area (Å²) in [4.78, 5) is 22.5. The van der Waals surface area contributed by atoms with E-state index < -0.39 is 30.2 Å². The van der Waals surface area contributed by atoms with E-state index in [9.17, 15) is 14.7 Å². The number of allylic oxidation sites excluding steroid dienone is 1. The number of benzene rings is 1. The number of carbonyl (C=O) groups excluding carboxylic acids is 1. The van der Waals surface area contributed by atoms with Gasteiger partial charge < -0.3 is 34.2 Å². The highest BCUT2D eigenvalue weighted by atomic mass is 16.7. The predicted octanol–water partition coefficient (Wildman–Crippen LogP) is 1.23. The molecule has 0 aliphatic carbocycles. The fraction of sp³-hybridized carbons (Fsp3) is 0.294. The van der Waals surface area contributed by atoms with Gasteiger partial charge in [-0.15, -0.1) is 0 Å². The first-order valence-electron chi connectivity index (χ1n) is 7.65. The molecule has 1 aromatic carbocycles. The zero-order valence-corrected chi connectivity index (χ0v) is 14.0. The molecule has 1 amide bonds. The average Bonchev–Trinajstić information content (AvgIpc) is 2.58. The number of aliphatic hydroxyl groups is 1. The van der Waals surface area contributed by atoms with Gasteiger partial charge in [-0.2, -0.15) is 0 Å². The van der Waals surface area contributed by atoms with Gasteiger partial charge in [0.2, 0.25) is 6.10 Å². The van der Waals surface area contributed by atoms with Gasteiger partial charge in [-0.3, -0.25) is 0 Å². The third kappa shape index (κ3) is 3.42. The third-order valence-corrected chi connectivity index (χ3v) is 3.81. The van der Waals surface area contributed by atoms with E-state index in [1.165, 1.54) is 19.2 Å². The SMILES string of the molecule is COC1=C(C)OC(Oc2ccc3ccc(=O)oc3c2)C(OC(N)=O)C1O. The molecule has 0 saturated carbocycles. The molecular formula is C17H17NO8. The first-order chi connectivity index (χ1) is 12.4. The Morgan fingerprint density at radius 3 is 2.69 bits per heavy atom. The van der Waals surface area contributed by atoms with Gasteiger partial charge in [0.15, 0.2) is 11.9 Å². The molecule has 2 heterocycles. The Morgan fingerprint density at radius 2 is 2.00 bits per heavy atom. The number of ether oxygens (including phenoxy) is 4. The Kier molecular flexibility index (Phi) is 4.72. The molecule has 0 saturated heterocycles. The molecule has 3 N–H and O–H groups in total. The summed E-state index contributed by atoms with van der Waals surface area (Å²) < 4.78 is 26.3. The Morgan fingerprint density at radius 1 is 1.27 bits per heavy atom. The van der Waals surface area contributed by atoms with Gasteiger partial charge in [0.05, 0.1) is 7.11 Å². The summed E-state index contributed by atoms with van der Waals surface area (Å²) in [5, 5.41) is 11.1. The van der Waals surface area contributed by atoms with Crippen LogP contribution < -0.4 is 16.1 Å². The molecule has 138 valence electrons. The van der Waals surface area contributed by atoms with Crippen molar-refractivity contribution in [1.82, 2.24) is 0 Å². The standard InChI is InChI=1S/C17H17NO8/c1-8-14(22-2)13(20)15(26-17(18)21)16(23-8)24-10-5-3-9-4-6-12(19)25-11(9)7-10/h3-7,13,15-16,20H,1-2H3,(H2,18,21). The Bertz CT molecular complexity index is 918. The van der Waals surface area contributed by atoms with E-state index in [1.807, 2.05) is 0 Å².